The molecule has 0 fully saturated rings. The smallest absolute Gasteiger partial charge is 0.131 e. The lowest BCUT2D eigenvalue weighted by molar-refractivity contribution is 0.454. The fourth-order valence-electron chi connectivity index (χ4n) is 1.40. The highest BCUT2D eigenvalue weighted by molar-refractivity contribution is 6.17. The molecule has 0 aliphatic heterocycles. The van der Waals surface area contributed by atoms with Crippen LogP contribution in [-0.4, -0.2) is 5.11 Å². The molecule has 0 aliphatic carbocycles. The van der Waals surface area contributed by atoms with Crippen LogP contribution in [-0.2, 0) is 5.88 Å². The van der Waals surface area contributed by atoms with Crippen LogP contribution in [0.2, 0.25) is 0 Å². The van der Waals surface area contributed by atoms with Crippen LogP contribution in [0.3, 0.4) is 0 Å². The molecule has 2 aromatic carbocycles. The van der Waals surface area contributed by atoms with Crippen LogP contribution in [0, 0.1) is 0 Å². The second-order valence-electron chi connectivity index (χ2n) is 3.38. The Bertz CT molecular complexity index is 469. The molecule has 16 heavy (non-hydrogen) atoms. The molecule has 0 heterocycles. The number of rotatable bonds is 3. The highest BCUT2D eigenvalue weighted by Crippen LogP contribution is 2.27. The van der Waals surface area contributed by atoms with Crippen LogP contribution >= 0.6 is 11.6 Å². The number of phenols is 1. The molecule has 0 amide bonds. The molecule has 0 atom stereocenters. The van der Waals surface area contributed by atoms with E-state index in [2.05, 4.69) is 0 Å². The van der Waals surface area contributed by atoms with Crippen molar-refractivity contribution < 1.29 is 9.84 Å². The Morgan fingerprint density at radius 3 is 2.44 bits per heavy atom. The van der Waals surface area contributed by atoms with Crippen LogP contribution in [0.4, 0.5) is 0 Å². The maximum atomic E-state index is 9.46. The molecular formula is C13H11ClO2. The van der Waals surface area contributed by atoms with Crippen LogP contribution < -0.4 is 4.74 Å². The van der Waals surface area contributed by atoms with Crippen molar-refractivity contribution in [2.75, 3.05) is 0 Å². The number of alkyl halides is 1. The Balaban J connectivity index is 2.24. The number of para-hydroxylation sites is 1. The van der Waals surface area contributed by atoms with Crippen LogP contribution in [0.1, 0.15) is 5.56 Å². The molecule has 2 rings (SSSR count). The summed E-state index contributed by atoms with van der Waals surface area (Å²) in [5.41, 5.74) is 0.826. The molecular weight excluding hydrogens is 224 g/mol. The molecule has 0 unspecified atom stereocenters. The van der Waals surface area contributed by atoms with E-state index in [1.165, 1.54) is 0 Å². The van der Waals surface area contributed by atoms with Gasteiger partial charge in [0, 0.05) is 11.9 Å². The zero-order chi connectivity index (χ0) is 11.4. The average molecular weight is 235 g/mol. The molecule has 2 aromatic rings. The second-order valence-corrected chi connectivity index (χ2v) is 3.65. The Labute approximate surface area is 99.1 Å². The Kier molecular flexibility index (Phi) is 3.32. The highest BCUT2D eigenvalue weighted by Gasteiger charge is 2.01. The van der Waals surface area contributed by atoms with E-state index in [9.17, 15) is 5.11 Å². The van der Waals surface area contributed by atoms with Gasteiger partial charge in [0.05, 0.1) is 0 Å². The van der Waals surface area contributed by atoms with Gasteiger partial charge in [-0.3, -0.25) is 0 Å². The largest absolute Gasteiger partial charge is 0.508 e. The predicted molar refractivity (Wildman–Crippen MR) is 64.2 cm³/mol. The van der Waals surface area contributed by atoms with Gasteiger partial charge in [-0.05, 0) is 29.8 Å². The minimum Gasteiger partial charge on any atom is -0.508 e. The van der Waals surface area contributed by atoms with Gasteiger partial charge < -0.3 is 9.84 Å². The molecule has 82 valence electrons. The summed E-state index contributed by atoms with van der Waals surface area (Å²) in [7, 11) is 0. The lowest BCUT2D eigenvalue weighted by Gasteiger charge is -2.07. The summed E-state index contributed by atoms with van der Waals surface area (Å²) in [6, 6.07) is 14.4. The van der Waals surface area contributed by atoms with Gasteiger partial charge in [0.1, 0.15) is 17.2 Å². The number of benzene rings is 2. The third-order valence-corrected chi connectivity index (χ3v) is 2.39. The third-order valence-electron chi connectivity index (χ3n) is 2.08. The second kappa shape index (κ2) is 4.90. The molecule has 0 saturated carbocycles. The number of ether oxygens (including phenoxy) is 1. The number of halogens is 1. The molecule has 0 aromatic heterocycles. The SMILES string of the molecule is Oc1cc(CCl)cc(Oc2ccccc2)c1. The van der Waals surface area contributed by atoms with E-state index in [0.717, 1.165) is 11.3 Å². The Morgan fingerprint density at radius 1 is 1.00 bits per heavy atom. The molecule has 3 heteroatoms. The fraction of sp³-hybridized carbons (Fsp3) is 0.0769. The normalized spacial score (nSPS) is 10.1. The highest BCUT2D eigenvalue weighted by atomic mass is 35.5. The maximum Gasteiger partial charge on any atom is 0.131 e. The summed E-state index contributed by atoms with van der Waals surface area (Å²) in [5, 5.41) is 9.46. The first-order valence-electron chi connectivity index (χ1n) is 4.90. The quantitative estimate of drug-likeness (QED) is 0.816. The van der Waals surface area contributed by atoms with Crippen molar-refractivity contribution >= 4 is 11.6 Å². The molecule has 0 bridgehead atoms. The first-order chi connectivity index (χ1) is 7.78. The number of phenolic OH excluding ortho intramolecular Hbond substituents is 1. The Hall–Kier alpha value is -1.67. The van der Waals surface area contributed by atoms with E-state index in [1.54, 1.807) is 18.2 Å². The lowest BCUT2D eigenvalue weighted by Crippen LogP contribution is -1.85. The molecule has 0 radical (unpaired) electrons. The van der Waals surface area contributed by atoms with Crippen LogP contribution in [0.25, 0.3) is 0 Å². The maximum absolute atomic E-state index is 9.46. The molecule has 2 nitrogen and oxygen atoms in total. The minimum atomic E-state index is 0.157. The standard InChI is InChI=1S/C13H11ClO2/c14-9-10-6-11(15)8-13(7-10)16-12-4-2-1-3-5-12/h1-8,15H,9H2. The first-order valence-corrected chi connectivity index (χ1v) is 5.43. The van der Waals surface area contributed by atoms with Crippen LogP contribution in [0.5, 0.6) is 17.2 Å². The van der Waals surface area contributed by atoms with E-state index in [0.29, 0.717) is 11.6 Å². The van der Waals surface area contributed by atoms with Gasteiger partial charge in [-0.1, -0.05) is 18.2 Å². The minimum absolute atomic E-state index is 0.157. The van der Waals surface area contributed by atoms with Crippen LogP contribution in [0.15, 0.2) is 48.5 Å². The number of hydrogen-bond acceptors (Lipinski definition) is 2. The van der Waals surface area contributed by atoms with Gasteiger partial charge in [-0.25, -0.2) is 0 Å². The van der Waals surface area contributed by atoms with E-state index >= 15 is 0 Å². The topological polar surface area (TPSA) is 29.5 Å². The van der Waals surface area contributed by atoms with Crippen molar-refractivity contribution in [2.24, 2.45) is 0 Å². The molecule has 0 spiro atoms. The zero-order valence-electron chi connectivity index (χ0n) is 8.56. The van der Waals surface area contributed by atoms with Crippen molar-refractivity contribution in [3.63, 3.8) is 0 Å². The molecule has 0 saturated heterocycles. The van der Waals surface area contributed by atoms with Gasteiger partial charge >= 0.3 is 0 Å². The van der Waals surface area contributed by atoms with Crippen molar-refractivity contribution in [1.82, 2.24) is 0 Å². The first kappa shape index (κ1) is 10.8. The summed E-state index contributed by atoms with van der Waals surface area (Å²) in [4.78, 5) is 0. The number of hydrogen-bond donors (Lipinski definition) is 1. The molecule has 0 aliphatic rings. The average Bonchev–Trinajstić information content (AvgIpc) is 2.29. The summed E-state index contributed by atoms with van der Waals surface area (Å²) in [6.07, 6.45) is 0. The van der Waals surface area contributed by atoms with Gasteiger partial charge in [-0.15, -0.1) is 11.6 Å². The van der Waals surface area contributed by atoms with Gasteiger partial charge in [0.15, 0.2) is 0 Å². The van der Waals surface area contributed by atoms with Crippen molar-refractivity contribution in [3.05, 3.63) is 54.1 Å². The monoisotopic (exact) mass is 234 g/mol. The van der Waals surface area contributed by atoms with Gasteiger partial charge in [-0.2, -0.15) is 0 Å². The summed E-state index contributed by atoms with van der Waals surface area (Å²) in [6.45, 7) is 0. The number of aromatic hydroxyl groups is 1. The van der Waals surface area contributed by atoms with Crippen molar-refractivity contribution in [1.29, 1.82) is 0 Å². The van der Waals surface area contributed by atoms with Gasteiger partial charge in [0.25, 0.3) is 0 Å². The van der Waals surface area contributed by atoms with Gasteiger partial charge in [0.2, 0.25) is 0 Å². The van der Waals surface area contributed by atoms with E-state index in [1.807, 2.05) is 30.3 Å². The predicted octanol–water partition coefficient (Wildman–Crippen LogP) is 3.92. The van der Waals surface area contributed by atoms with E-state index in [-0.39, 0.29) is 5.75 Å². The zero-order valence-corrected chi connectivity index (χ0v) is 9.32. The Morgan fingerprint density at radius 2 is 1.75 bits per heavy atom. The van der Waals surface area contributed by atoms with E-state index < -0.39 is 0 Å². The van der Waals surface area contributed by atoms with Crippen molar-refractivity contribution in [3.8, 4) is 17.2 Å². The van der Waals surface area contributed by atoms with Crippen molar-refractivity contribution in [2.45, 2.75) is 5.88 Å². The van der Waals surface area contributed by atoms with E-state index in [4.69, 9.17) is 16.3 Å². The summed E-state index contributed by atoms with van der Waals surface area (Å²) < 4.78 is 5.58. The summed E-state index contributed by atoms with van der Waals surface area (Å²) >= 11 is 5.71. The lowest BCUT2D eigenvalue weighted by atomic mass is 10.2. The summed E-state index contributed by atoms with van der Waals surface area (Å²) in [5.74, 6) is 1.82. The fourth-order valence-corrected chi connectivity index (χ4v) is 1.56. The molecule has 1 N–H and O–H groups in total. The third kappa shape index (κ3) is 2.67.